The standard InChI is InChI=1S/C25H31BrF2N4O4Si/c1-25(13-35-14-25)12-30-24(33)31-16-9-18(27)22(19(28)10-16)36-20-5-6-29-23-21(20)17(26)11-32(23)15-34-7-8-37(2,3)4/h5-6,9-11H,7-8,12-15H2,1-4H3,(H2,30,31,33). The van der Waals surface area contributed by atoms with Crippen LogP contribution in [0.4, 0.5) is 19.3 Å². The van der Waals surface area contributed by atoms with E-state index in [-0.39, 0.29) is 16.9 Å². The van der Waals surface area contributed by atoms with Crippen molar-refractivity contribution in [2.75, 3.05) is 31.7 Å². The van der Waals surface area contributed by atoms with Gasteiger partial charge >= 0.3 is 6.03 Å². The Bertz CT molecular complexity index is 1270. The number of rotatable bonds is 10. The summed E-state index contributed by atoms with van der Waals surface area (Å²) in [5.41, 5.74) is 0.394. The van der Waals surface area contributed by atoms with Crippen molar-refractivity contribution in [1.82, 2.24) is 14.9 Å². The van der Waals surface area contributed by atoms with Gasteiger partial charge in [0, 0.05) is 61.3 Å². The van der Waals surface area contributed by atoms with Gasteiger partial charge in [0.25, 0.3) is 0 Å². The van der Waals surface area contributed by atoms with Gasteiger partial charge in [-0.2, -0.15) is 0 Å². The Morgan fingerprint density at radius 3 is 2.59 bits per heavy atom. The van der Waals surface area contributed by atoms with E-state index in [0.29, 0.717) is 48.6 Å². The van der Waals surface area contributed by atoms with E-state index in [0.717, 1.165) is 18.2 Å². The molecule has 200 valence electrons. The van der Waals surface area contributed by atoms with Crippen LogP contribution < -0.4 is 15.4 Å². The van der Waals surface area contributed by atoms with E-state index in [9.17, 15) is 13.6 Å². The number of carbonyl (C=O) groups excluding carboxylic acids is 1. The molecule has 4 rings (SSSR count). The first kappa shape index (κ1) is 27.5. The summed E-state index contributed by atoms with van der Waals surface area (Å²) in [4.78, 5) is 16.6. The molecule has 0 aliphatic carbocycles. The second-order valence-electron chi connectivity index (χ2n) is 10.8. The monoisotopic (exact) mass is 596 g/mol. The third kappa shape index (κ3) is 6.86. The van der Waals surface area contributed by atoms with Crippen LogP contribution in [0.5, 0.6) is 11.5 Å². The molecule has 12 heteroatoms. The fourth-order valence-corrected chi connectivity index (χ4v) is 5.10. The van der Waals surface area contributed by atoms with Gasteiger partial charge in [0.2, 0.25) is 0 Å². The Kier molecular flexibility index (Phi) is 8.22. The molecular formula is C25H31BrF2N4O4Si. The fourth-order valence-electron chi connectivity index (χ4n) is 3.72. The van der Waals surface area contributed by atoms with Crippen LogP contribution in [0.2, 0.25) is 25.7 Å². The van der Waals surface area contributed by atoms with Crippen LogP contribution in [0.1, 0.15) is 6.92 Å². The van der Waals surface area contributed by atoms with Crippen molar-refractivity contribution >= 4 is 46.8 Å². The number of halogens is 3. The molecule has 1 saturated heterocycles. The number of ether oxygens (including phenoxy) is 3. The van der Waals surface area contributed by atoms with Crippen molar-refractivity contribution in [2.24, 2.45) is 5.41 Å². The van der Waals surface area contributed by atoms with Crippen molar-refractivity contribution in [2.45, 2.75) is 39.3 Å². The first-order valence-electron chi connectivity index (χ1n) is 11.9. The largest absolute Gasteiger partial charge is 0.450 e. The zero-order chi connectivity index (χ0) is 26.8. The van der Waals surface area contributed by atoms with Crippen molar-refractivity contribution in [3.8, 4) is 11.5 Å². The first-order valence-corrected chi connectivity index (χ1v) is 16.4. The lowest BCUT2D eigenvalue weighted by molar-refractivity contribution is -0.0974. The molecule has 37 heavy (non-hydrogen) atoms. The molecule has 0 atom stereocenters. The summed E-state index contributed by atoms with van der Waals surface area (Å²) in [5.74, 6) is -2.26. The Morgan fingerprint density at radius 1 is 1.27 bits per heavy atom. The predicted octanol–water partition coefficient (Wildman–Crippen LogP) is 6.34. The quantitative estimate of drug-likeness (QED) is 0.211. The molecule has 2 amide bonds. The molecule has 3 aromatic rings. The van der Waals surface area contributed by atoms with E-state index < -0.39 is 31.5 Å². The minimum absolute atomic E-state index is 0.0301. The Morgan fingerprint density at radius 2 is 1.97 bits per heavy atom. The van der Waals surface area contributed by atoms with Gasteiger partial charge in [-0.25, -0.2) is 18.6 Å². The van der Waals surface area contributed by atoms with E-state index in [1.165, 1.54) is 12.3 Å². The third-order valence-corrected chi connectivity index (χ3v) is 8.25. The lowest BCUT2D eigenvalue weighted by atomic mass is 9.89. The summed E-state index contributed by atoms with van der Waals surface area (Å²) < 4.78 is 48.9. The Labute approximate surface area is 223 Å². The number of urea groups is 1. The smallest absolute Gasteiger partial charge is 0.319 e. The van der Waals surface area contributed by atoms with Gasteiger partial charge in [0.15, 0.2) is 17.4 Å². The normalized spacial score (nSPS) is 14.9. The zero-order valence-electron chi connectivity index (χ0n) is 21.3. The summed E-state index contributed by atoms with van der Waals surface area (Å²) in [6.45, 7) is 11.3. The number of amides is 2. The molecule has 3 heterocycles. The highest BCUT2D eigenvalue weighted by Gasteiger charge is 2.33. The van der Waals surface area contributed by atoms with Crippen LogP contribution in [0, 0.1) is 17.0 Å². The van der Waals surface area contributed by atoms with Crippen molar-refractivity contribution < 1.29 is 27.8 Å². The van der Waals surface area contributed by atoms with E-state index in [2.05, 4.69) is 51.2 Å². The molecule has 1 aliphatic rings. The van der Waals surface area contributed by atoms with Gasteiger partial charge in [-0.3, -0.25) is 0 Å². The molecule has 0 bridgehead atoms. The van der Waals surface area contributed by atoms with Crippen LogP contribution in [0.3, 0.4) is 0 Å². The average Bonchev–Trinajstić information content (AvgIpc) is 3.12. The minimum Gasteiger partial charge on any atom is -0.450 e. The molecule has 0 radical (unpaired) electrons. The number of fused-ring (bicyclic) bond motifs is 1. The molecule has 1 aromatic carbocycles. The molecule has 1 fully saturated rings. The van der Waals surface area contributed by atoms with Crippen molar-refractivity contribution in [3.63, 3.8) is 0 Å². The number of hydrogen-bond acceptors (Lipinski definition) is 5. The van der Waals surface area contributed by atoms with E-state index >= 15 is 0 Å². The molecule has 8 nitrogen and oxygen atoms in total. The predicted molar refractivity (Wildman–Crippen MR) is 144 cm³/mol. The number of nitrogens with zero attached hydrogens (tertiary/aromatic N) is 2. The third-order valence-electron chi connectivity index (χ3n) is 5.94. The number of pyridine rings is 1. The van der Waals surface area contributed by atoms with Gasteiger partial charge < -0.3 is 29.4 Å². The second kappa shape index (κ2) is 11.1. The lowest BCUT2D eigenvalue weighted by Crippen LogP contribution is -2.49. The summed E-state index contributed by atoms with van der Waals surface area (Å²) in [6.07, 6.45) is 3.31. The van der Waals surface area contributed by atoms with Crippen LogP contribution >= 0.6 is 15.9 Å². The van der Waals surface area contributed by atoms with Crippen LogP contribution in [0.15, 0.2) is 35.1 Å². The van der Waals surface area contributed by atoms with Gasteiger partial charge in [-0.1, -0.05) is 26.6 Å². The van der Waals surface area contributed by atoms with Crippen molar-refractivity contribution in [1.29, 1.82) is 0 Å². The maximum Gasteiger partial charge on any atom is 0.319 e. The van der Waals surface area contributed by atoms with Gasteiger partial charge in [-0.15, -0.1) is 0 Å². The number of benzene rings is 1. The molecule has 1 aliphatic heterocycles. The number of nitrogens with one attached hydrogen (secondary N) is 2. The zero-order valence-corrected chi connectivity index (χ0v) is 23.9. The van der Waals surface area contributed by atoms with Gasteiger partial charge in [-0.05, 0) is 28.0 Å². The Balaban J connectivity index is 1.46. The van der Waals surface area contributed by atoms with E-state index in [1.807, 2.05) is 11.5 Å². The lowest BCUT2D eigenvalue weighted by Gasteiger charge is -2.37. The summed E-state index contributed by atoms with van der Waals surface area (Å²) in [5, 5.41) is 5.70. The fraction of sp³-hybridized carbons (Fsp3) is 0.440. The van der Waals surface area contributed by atoms with Gasteiger partial charge in [0.05, 0.1) is 18.6 Å². The molecule has 2 aromatic heterocycles. The van der Waals surface area contributed by atoms with Gasteiger partial charge in [0.1, 0.15) is 18.1 Å². The molecule has 0 spiro atoms. The summed E-state index contributed by atoms with van der Waals surface area (Å²) in [6, 6.07) is 4.03. The second-order valence-corrected chi connectivity index (χ2v) is 17.3. The molecule has 2 N–H and O–H groups in total. The van der Waals surface area contributed by atoms with E-state index in [1.54, 1.807) is 6.20 Å². The topological polar surface area (TPSA) is 86.6 Å². The van der Waals surface area contributed by atoms with Crippen LogP contribution in [-0.4, -0.2) is 50.0 Å². The van der Waals surface area contributed by atoms with E-state index in [4.69, 9.17) is 14.2 Å². The van der Waals surface area contributed by atoms with Crippen LogP contribution in [-0.2, 0) is 16.2 Å². The number of carbonyl (C=O) groups is 1. The highest BCUT2D eigenvalue weighted by atomic mass is 79.9. The minimum atomic E-state index is -1.21. The maximum absolute atomic E-state index is 14.9. The number of anilines is 1. The molecule has 0 unspecified atom stereocenters. The van der Waals surface area contributed by atoms with Crippen LogP contribution in [0.25, 0.3) is 11.0 Å². The highest BCUT2D eigenvalue weighted by Crippen LogP contribution is 2.38. The first-order chi connectivity index (χ1) is 17.4. The number of aromatic nitrogens is 2. The average molecular weight is 598 g/mol. The molecular weight excluding hydrogens is 566 g/mol. The van der Waals surface area contributed by atoms with Crippen molar-refractivity contribution in [3.05, 3.63) is 46.7 Å². The highest BCUT2D eigenvalue weighted by molar-refractivity contribution is 9.10. The summed E-state index contributed by atoms with van der Waals surface area (Å²) >= 11 is 3.50. The number of hydrogen-bond donors (Lipinski definition) is 2. The summed E-state index contributed by atoms with van der Waals surface area (Å²) in [7, 11) is -1.21. The SMILES string of the molecule is CC1(CNC(=O)Nc2cc(F)c(Oc3ccnc4c3c(Br)cn4COCC[Si](C)(C)C)c(F)c2)COC1. The Hall–Kier alpha value is -2.54. The maximum atomic E-state index is 14.9. The molecule has 0 saturated carbocycles.